The standard InChI is InChI=1S/C32H43NO/c1-21(32-17-22-12-23(18-32)14-24(13-22)19-32)33-20-25-15-27(30(2,3)4)16-28(29(25)34)31(5,6)26-10-8-7-9-11-26/h7-11,15-16,20-24,34H,12-14,17-19H2,1-6H3. The lowest BCUT2D eigenvalue weighted by Crippen LogP contribution is -2.50. The lowest BCUT2D eigenvalue weighted by Gasteiger charge is -2.58. The summed E-state index contributed by atoms with van der Waals surface area (Å²) in [5.74, 6) is 3.17. The largest absolute Gasteiger partial charge is 0.507 e. The van der Waals surface area contributed by atoms with Gasteiger partial charge in [0.25, 0.3) is 0 Å². The van der Waals surface area contributed by atoms with Crippen molar-refractivity contribution in [3.05, 3.63) is 64.7 Å². The monoisotopic (exact) mass is 457 g/mol. The van der Waals surface area contributed by atoms with Gasteiger partial charge in [-0.15, -0.1) is 0 Å². The van der Waals surface area contributed by atoms with Gasteiger partial charge >= 0.3 is 0 Å². The maximum absolute atomic E-state index is 11.5. The molecule has 182 valence electrons. The van der Waals surface area contributed by atoms with Crippen molar-refractivity contribution in [1.29, 1.82) is 0 Å². The molecule has 4 saturated carbocycles. The minimum absolute atomic E-state index is 0.0106. The Hall–Kier alpha value is -2.09. The number of aromatic hydroxyl groups is 1. The molecule has 6 rings (SSSR count). The van der Waals surface area contributed by atoms with Crippen molar-refractivity contribution in [2.45, 2.75) is 96.9 Å². The van der Waals surface area contributed by atoms with Crippen LogP contribution in [0, 0.1) is 23.2 Å². The van der Waals surface area contributed by atoms with Crippen LogP contribution in [0.4, 0.5) is 0 Å². The second kappa shape index (κ2) is 8.25. The molecule has 1 atom stereocenters. The number of hydrogen-bond donors (Lipinski definition) is 1. The lowest BCUT2D eigenvalue weighted by atomic mass is 9.48. The molecule has 2 heteroatoms. The Kier molecular flexibility index (Phi) is 5.73. The molecule has 0 heterocycles. The predicted molar refractivity (Wildman–Crippen MR) is 143 cm³/mol. The fraction of sp³-hybridized carbons (Fsp3) is 0.594. The van der Waals surface area contributed by atoms with Crippen LogP contribution in [0.2, 0.25) is 0 Å². The Morgan fingerprint density at radius 3 is 1.97 bits per heavy atom. The molecule has 4 fully saturated rings. The summed E-state index contributed by atoms with van der Waals surface area (Å²) in [6.07, 6.45) is 10.5. The highest BCUT2D eigenvalue weighted by molar-refractivity contribution is 5.85. The molecule has 34 heavy (non-hydrogen) atoms. The van der Waals surface area contributed by atoms with Gasteiger partial charge in [0.2, 0.25) is 0 Å². The van der Waals surface area contributed by atoms with Crippen LogP contribution >= 0.6 is 0 Å². The number of aliphatic imine (C=N–C) groups is 1. The number of rotatable bonds is 5. The summed E-state index contributed by atoms with van der Waals surface area (Å²) in [4.78, 5) is 5.18. The average molecular weight is 458 g/mol. The van der Waals surface area contributed by atoms with Gasteiger partial charge in [0, 0.05) is 22.8 Å². The van der Waals surface area contributed by atoms with Crippen molar-refractivity contribution in [1.82, 2.24) is 0 Å². The predicted octanol–water partition coefficient (Wildman–Crippen LogP) is 8.04. The van der Waals surface area contributed by atoms with E-state index in [4.69, 9.17) is 4.99 Å². The number of nitrogens with zero attached hydrogens (tertiary/aromatic N) is 1. The van der Waals surface area contributed by atoms with Gasteiger partial charge in [-0.05, 0) is 91.2 Å². The fourth-order valence-corrected chi connectivity index (χ4v) is 7.71. The van der Waals surface area contributed by atoms with E-state index in [1.165, 1.54) is 49.7 Å². The average Bonchev–Trinajstić information content (AvgIpc) is 2.77. The summed E-state index contributed by atoms with van der Waals surface area (Å²) in [6, 6.07) is 15.2. The molecule has 4 bridgehead atoms. The molecule has 4 aliphatic rings. The van der Waals surface area contributed by atoms with Gasteiger partial charge in [0.1, 0.15) is 5.75 Å². The first-order valence-corrected chi connectivity index (χ1v) is 13.4. The Morgan fingerprint density at radius 2 is 1.44 bits per heavy atom. The first kappa shape index (κ1) is 23.6. The molecule has 0 aromatic heterocycles. The molecule has 0 radical (unpaired) electrons. The summed E-state index contributed by atoms with van der Waals surface area (Å²) in [7, 11) is 0. The van der Waals surface area contributed by atoms with E-state index < -0.39 is 0 Å². The van der Waals surface area contributed by atoms with Gasteiger partial charge in [0.15, 0.2) is 0 Å². The van der Waals surface area contributed by atoms with E-state index >= 15 is 0 Å². The molecule has 2 aromatic carbocycles. The van der Waals surface area contributed by atoms with Crippen LogP contribution in [-0.4, -0.2) is 17.4 Å². The summed E-state index contributed by atoms with van der Waals surface area (Å²) >= 11 is 0. The zero-order valence-corrected chi connectivity index (χ0v) is 22.1. The van der Waals surface area contributed by atoms with E-state index in [9.17, 15) is 5.11 Å². The van der Waals surface area contributed by atoms with Crippen LogP contribution in [-0.2, 0) is 10.8 Å². The van der Waals surface area contributed by atoms with Gasteiger partial charge in [-0.3, -0.25) is 4.99 Å². The summed E-state index contributed by atoms with van der Waals surface area (Å²) in [5, 5.41) is 11.5. The maximum Gasteiger partial charge on any atom is 0.128 e. The van der Waals surface area contributed by atoms with Gasteiger partial charge < -0.3 is 5.11 Å². The molecule has 2 aromatic rings. The molecular weight excluding hydrogens is 414 g/mol. The normalized spacial score (nSPS) is 29.6. The first-order chi connectivity index (χ1) is 16.0. The van der Waals surface area contributed by atoms with Crippen molar-refractivity contribution in [3.63, 3.8) is 0 Å². The summed E-state index contributed by atoms with van der Waals surface area (Å²) < 4.78 is 0. The Balaban J connectivity index is 1.51. The van der Waals surface area contributed by atoms with Gasteiger partial charge in [-0.25, -0.2) is 0 Å². The van der Waals surface area contributed by atoms with Crippen molar-refractivity contribution in [3.8, 4) is 5.75 Å². The van der Waals surface area contributed by atoms with E-state index in [-0.39, 0.29) is 10.8 Å². The molecule has 0 saturated heterocycles. The van der Waals surface area contributed by atoms with Crippen molar-refractivity contribution >= 4 is 6.21 Å². The minimum Gasteiger partial charge on any atom is -0.507 e. The molecular formula is C32H43NO. The third kappa shape index (κ3) is 4.12. The van der Waals surface area contributed by atoms with Crippen molar-refractivity contribution in [2.24, 2.45) is 28.2 Å². The molecule has 2 nitrogen and oxygen atoms in total. The number of benzene rings is 2. The highest BCUT2D eigenvalue weighted by atomic mass is 16.3. The zero-order valence-electron chi connectivity index (χ0n) is 22.1. The smallest absolute Gasteiger partial charge is 0.128 e. The van der Waals surface area contributed by atoms with Gasteiger partial charge in [-0.1, -0.05) is 71.0 Å². The highest BCUT2D eigenvalue weighted by Gasteiger charge is 2.53. The molecule has 1 unspecified atom stereocenters. The summed E-state index contributed by atoms with van der Waals surface area (Å²) in [5.41, 5.74) is 4.37. The van der Waals surface area contributed by atoms with Gasteiger partial charge in [0.05, 0.1) is 6.04 Å². The van der Waals surface area contributed by atoms with Crippen molar-refractivity contribution < 1.29 is 5.11 Å². The Bertz CT molecular complexity index is 1040. The van der Waals surface area contributed by atoms with E-state index in [0.29, 0.717) is 17.2 Å². The fourth-order valence-electron chi connectivity index (χ4n) is 7.71. The van der Waals surface area contributed by atoms with Gasteiger partial charge in [-0.2, -0.15) is 0 Å². The zero-order chi connectivity index (χ0) is 24.3. The minimum atomic E-state index is -0.305. The van der Waals surface area contributed by atoms with Crippen molar-refractivity contribution in [2.75, 3.05) is 0 Å². The quantitative estimate of drug-likeness (QED) is 0.453. The third-order valence-corrected chi connectivity index (χ3v) is 9.58. The topological polar surface area (TPSA) is 32.6 Å². The van der Waals surface area contributed by atoms with Crippen LogP contribution in [0.5, 0.6) is 5.75 Å². The van der Waals surface area contributed by atoms with E-state index in [2.05, 4.69) is 84.0 Å². The lowest BCUT2D eigenvalue weighted by molar-refractivity contribution is -0.0632. The molecule has 0 amide bonds. The molecule has 0 spiro atoms. The SMILES string of the molecule is CC(N=Cc1cc(C(C)(C)C)cc(C(C)(C)c2ccccc2)c1O)C12CC3CC(CC(C3)C1)C2. The molecule has 4 aliphatic carbocycles. The third-order valence-electron chi connectivity index (χ3n) is 9.58. The number of hydrogen-bond acceptors (Lipinski definition) is 2. The number of phenols is 1. The number of phenolic OH excluding ortho intramolecular Hbond substituents is 1. The van der Waals surface area contributed by atoms with E-state index in [0.717, 1.165) is 28.9 Å². The molecule has 1 N–H and O–H groups in total. The van der Waals surface area contributed by atoms with Crippen LogP contribution in [0.1, 0.15) is 102 Å². The Morgan fingerprint density at radius 1 is 0.882 bits per heavy atom. The van der Waals surface area contributed by atoms with Crippen LogP contribution < -0.4 is 0 Å². The van der Waals surface area contributed by atoms with Crippen LogP contribution in [0.3, 0.4) is 0 Å². The first-order valence-electron chi connectivity index (χ1n) is 13.4. The van der Waals surface area contributed by atoms with E-state index in [1.54, 1.807) is 0 Å². The Labute approximate surface area is 206 Å². The highest BCUT2D eigenvalue weighted by Crippen LogP contribution is 2.61. The van der Waals surface area contributed by atoms with E-state index in [1.807, 2.05) is 6.21 Å². The summed E-state index contributed by atoms with van der Waals surface area (Å²) in [6.45, 7) is 13.5. The second-order valence-electron chi connectivity index (χ2n) is 13.4. The van der Waals surface area contributed by atoms with Crippen LogP contribution in [0.15, 0.2) is 47.5 Å². The second-order valence-corrected chi connectivity index (χ2v) is 13.4. The van der Waals surface area contributed by atoms with Crippen LogP contribution in [0.25, 0.3) is 0 Å². The maximum atomic E-state index is 11.5. The molecule has 0 aliphatic heterocycles.